The Hall–Kier alpha value is -4.35. The van der Waals surface area contributed by atoms with Crippen LogP contribution in [0.5, 0.6) is 5.75 Å². The summed E-state index contributed by atoms with van der Waals surface area (Å²) in [5.41, 5.74) is 1.09. The zero-order valence-corrected chi connectivity index (χ0v) is 19.3. The van der Waals surface area contributed by atoms with E-state index in [0.717, 1.165) is 0 Å². The summed E-state index contributed by atoms with van der Waals surface area (Å²) in [7, 11) is 0. The minimum Gasteiger partial charge on any atom is -0.434 e. The maximum absolute atomic E-state index is 13.1. The van der Waals surface area contributed by atoms with Crippen molar-refractivity contribution in [3.63, 3.8) is 0 Å². The highest BCUT2D eigenvalue weighted by Gasteiger charge is 2.31. The number of hydrogen-bond acceptors (Lipinski definition) is 6. The van der Waals surface area contributed by atoms with Crippen LogP contribution in [0.25, 0.3) is 5.69 Å². The van der Waals surface area contributed by atoms with Gasteiger partial charge in [0.25, 0.3) is 11.6 Å². The number of rotatable bonds is 7. The largest absolute Gasteiger partial charge is 0.434 e. The molecular weight excluding hydrogens is 476 g/mol. The van der Waals surface area contributed by atoms with E-state index in [1.165, 1.54) is 52.0 Å². The number of non-ortho nitro benzene ring substituents is 1. The molecule has 0 aliphatic carbocycles. The van der Waals surface area contributed by atoms with Crippen LogP contribution in [0.3, 0.4) is 0 Å². The number of nitrogens with zero attached hydrogens (tertiary/aromatic N) is 4. The van der Waals surface area contributed by atoms with Gasteiger partial charge in [0.05, 0.1) is 27.8 Å². The molecule has 12 heteroatoms. The van der Waals surface area contributed by atoms with Crippen LogP contribution in [-0.4, -0.2) is 51.1 Å². The van der Waals surface area contributed by atoms with Crippen molar-refractivity contribution >= 4 is 23.3 Å². The third kappa shape index (κ3) is 5.48. The molecule has 2 aromatic carbocycles. The Morgan fingerprint density at radius 1 is 1.19 bits per heavy atom. The van der Waals surface area contributed by atoms with E-state index in [1.54, 1.807) is 19.1 Å². The molecule has 1 atom stereocenters. The number of nitro benzene ring substituents is 1. The molecule has 1 aliphatic rings. The molecule has 3 aromatic rings. The Balaban J connectivity index is 1.48. The zero-order chi connectivity index (χ0) is 25.8. The predicted octanol–water partition coefficient (Wildman–Crippen LogP) is 4.18. The van der Waals surface area contributed by atoms with Gasteiger partial charge in [-0.3, -0.25) is 19.7 Å². The Kier molecular flexibility index (Phi) is 7.23. The molecule has 1 aromatic heterocycles. The fourth-order valence-electron chi connectivity index (χ4n) is 4.12. The van der Waals surface area contributed by atoms with Gasteiger partial charge in [-0.05, 0) is 44.0 Å². The lowest BCUT2D eigenvalue weighted by Crippen LogP contribution is -2.44. The quantitative estimate of drug-likeness (QED) is 0.385. The smallest absolute Gasteiger partial charge is 0.387 e. The number of halogens is 2. The number of carbonyl (C=O) groups is 2. The molecule has 1 saturated heterocycles. The van der Waals surface area contributed by atoms with Crippen LogP contribution < -0.4 is 10.1 Å². The molecule has 1 unspecified atom stereocenters. The zero-order valence-electron chi connectivity index (χ0n) is 19.3. The topological polar surface area (TPSA) is 120 Å². The number of nitro groups is 1. The lowest BCUT2D eigenvalue weighted by molar-refractivity contribution is -0.384. The van der Waals surface area contributed by atoms with E-state index in [0.29, 0.717) is 36.6 Å². The molecule has 4 rings (SSSR count). The first-order valence-electron chi connectivity index (χ1n) is 11.2. The molecule has 0 bridgehead atoms. The number of likely N-dealkylation sites (tertiary alicyclic amines) is 1. The van der Waals surface area contributed by atoms with Crippen molar-refractivity contribution < 1.29 is 28.0 Å². The summed E-state index contributed by atoms with van der Waals surface area (Å²) in [4.78, 5) is 38.1. The van der Waals surface area contributed by atoms with Crippen LogP contribution in [0, 0.1) is 23.0 Å². The summed E-state index contributed by atoms with van der Waals surface area (Å²) >= 11 is 0. The van der Waals surface area contributed by atoms with E-state index in [2.05, 4.69) is 15.2 Å². The van der Waals surface area contributed by atoms with Gasteiger partial charge in [0.15, 0.2) is 0 Å². The molecule has 1 N–H and O–H groups in total. The second kappa shape index (κ2) is 10.5. The van der Waals surface area contributed by atoms with Crippen molar-refractivity contribution in [1.29, 1.82) is 0 Å². The molecule has 188 valence electrons. The fraction of sp³-hybridized carbons (Fsp3) is 0.292. The Morgan fingerprint density at radius 3 is 2.61 bits per heavy atom. The van der Waals surface area contributed by atoms with Crippen molar-refractivity contribution in [2.45, 2.75) is 26.4 Å². The Labute approximate surface area is 204 Å². The van der Waals surface area contributed by atoms with Crippen LogP contribution >= 0.6 is 0 Å². The van der Waals surface area contributed by atoms with E-state index >= 15 is 0 Å². The molecule has 2 heterocycles. The maximum atomic E-state index is 13.1. The molecule has 0 saturated carbocycles. The van der Waals surface area contributed by atoms with Crippen LogP contribution in [0.15, 0.2) is 54.6 Å². The van der Waals surface area contributed by atoms with Gasteiger partial charge in [-0.1, -0.05) is 12.1 Å². The van der Waals surface area contributed by atoms with Crippen molar-refractivity contribution in [3.8, 4) is 11.4 Å². The molecule has 1 aliphatic heterocycles. The number of nitrogens with one attached hydrogen (secondary N) is 1. The van der Waals surface area contributed by atoms with Gasteiger partial charge in [-0.25, -0.2) is 4.68 Å². The Morgan fingerprint density at radius 2 is 1.92 bits per heavy atom. The van der Waals surface area contributed by atoms with Crippen LogP contribution in [-0.2, 0) is 4.79 Å². The van der Waals surface area contributed by atoms with Crippen molar-refractivity contribution in [1.82, 2.24) is 14.7 Å². The summed E-state index contributed by atoms with van der Waals surface area (Å²) in [5.74, 6) is -1.19. The third-order valence-corrected chi connectivity index (χ3v) is 5.80. The standard InChI is InChI=1S/C24H23F2N5O5/c1-15-13-21(30(28-15)17-8-10-18(11-9-17)31(34)35)27-22(32)16-5-4-12-29(14-16)23(33)19-6-2-3-7-20(19)36-24(25)26/h2-3,6-11,13,16,24H,4-5,12,14H2,1H3,(H,27,32). The van der Waals surface area contributed by atoms with E-state index in [4.69, 9.17) is 0 Å². The van der Waals surface area contributed by atoms with Gasteiger partial charge in [0.1, 0.15) is 11.6 Å². The maximum Gasteiger partial charge on any atom is 0.387 e. The van der Waals surface area contributed by atoms with Gasteiger partial charge >= 0.3 is 6.61 Å². The van der Waals surface area contributed by atoms with Crippen LogP contribution in [0.4, 0.5) is 20.3 Å². The fourth-order valence-corrected chi connectivity index (χ4v) is 4.12. The van der Waals surface area contributed by atoms with Gasteiger partial charge in [-0.2, -0.15) is 13.9 Å². The average molecular weight is 499 g/mol. The normalized spacial score (nSPS) is 15.6. The highest BCUT2D eigenvalue weighted by molar-refractivity contribution is 5.98. The number of anilines is 1. The lowest BCUT2D eigenvalue weighted by atomic mass is 9.96. The number of aromatic nitrogens is 2. The highest BCUT2D eigenvalue weighted by Crippen LogP contribution is 2.26. The molecule has 36 heavy (non-hydrogen) atoms. The second-order valence-corrected chi connectivity index (χ2v) is 8.31. The van der Waals surface area contributed by atoms with Gasteiger partial charge in [0, 0.05) is 31.3 Å². The second-order valence-electron chi connectivity index (χ2n) is 8.31. The first-order chi connectivity index (χ1) is 17.2. The number of amides is 2. The van der Waals surface area contributed by atoms with Crippen LogP contribution in [0.2, 0.25) is 0 Å². The molecule has 2 amide bonds. The molecule has 0 radical (unpaired) electrons. The summed E-state index contributed by atoms with van der Waals surface area (Å²) in [6, 6.07) is 13.2. The van der Waals surface area contributed by atoms with Gasteiger partial charge < -0.3 is 15.0 Å². The van der Waals surface area contributed by atoms with Gasteiger partial charge in [-0.15, -0.1) is 0 Å². The number of aryl methyl sites for hydroxylation is 1. The van der Waals surface area contributed by atoms with Crippen molar-refractivity contribution in [3.05, 3.63) is 76.0 Å². The van der Waals surface area contributed by atoms with E-state index < -0.39 is 23.4 Å². The molecule has 1 fully saturated rings. The van der Waals surface area contributed by atoms with Crippen LogP contribution in [0.1, 0.15) is 28.9 Å². The Bertz CT molecular complexity index is 1280. The first kappa shape index (κ1) is 24.8. The highest BCUT2D eigenvalue weighted by atomic mass is 19.3. The molecular formula is C24H23F2N5O5. The van der Waals surface area contributed by atoms with E-state index in [1.807, 2.05) is 0 Å². The van der Waals surface area contributed by atoms with E-state index in [9.17, 15) is 28.5 Å². The average Bonchev–Trinajstić information content (AvgIpc) is 3.23. The molecule has 10 nitrogen and oxygen atoms in total. The number of benzene rings is 2. The number of hydrogen-bond donors (Lipinski definition) is 1. The number of alkyl halides is 2. The number of para-hydroxylation sites is 1. The number of carbonyl (C=O) groups excluding carboxylic acids is 2. The number of piperidine rings is 1. The summed E-state index contributed by atoms with van der Waals surface area (Å²) < 4.78 is 31.5. The van der Waals surface area contributed by atoms with Crippen molar-refractivity contribution in [2.75, 3.05) is 18.4 Å². The SMILES string of the molecule is Cc1cc(NC(=O)C2CCCN(C(=O)c3ccccc3OC(F)F)C2)n(-c2ccc([N+](=O)[O-])cc2)n1. The third-order valence-electron chi connectivity index (χ3n) is 5.80. The lowest BCUT2D eigenvalue weighted by Gasteiger charge is -2.32. The minimum absolute atomic E-state index is 0.00531. The van der Waals surface area contributed by atoms with Crippen molar-refractivity contribution in [2.24, 2.45) is 5.92 Å². The minimum atomic E-state index is -3.07. The summed E-state index contributed by atoms with van der Waals surface area (Å²) in [6.45, 7) is -0.829. The summed E-state index contributed by atoms with van der Waals surface area (Å²) in [6.07, 6.45) is 1.10. The monoisotopic (exact) mass is 499 g/mol. The number of ether oxygens (including phenoxy) is 1. The van der Waals surface area contributed by atoms with E-state index in [-0.39, 0.29) is 29.5 Å². The first-order valence-corrected chi connectivity index (χ1v) is 11.2. The van der Waals surface area contributed by atoms with Gasteiger partial charge in [0.2, 0.25) is 5.91 Å². The predicted molar refractivity (Wildman–Crippen MR) is 125 cm³/mol. The molecule has 0 spiro atoms. The summed E-state index contributed by atoms with van der Waals surface area (Å²) in [5, 5.41) is 18.1.